The molecule has 0 radical (unpaired) electrons. The third-order valence-electron chi connectivity index (χ3n) is 2.09. The van der Waals surface area contributed by atoms with Crippen LogP contribution < -0.4 is 5.32 Å². The van der Waals surface area contributed by atoms with Crippen molar-refractivity contribution in [3.05, 3.63) is 11.4 Å². The number of nitrogens with zero attached hydrogens (tertiary/aromatic N) is 1. The summed E-state index contributed by atoms with van der Waals surface area (Å²) in [4.78, 5) is 11.4. The predicted molar refractivity (Wildman–Crippen MR) is 63.6 cm³/mol. The van der Waals surface area contributed by atoms with Crippen molar-refractivity contribution in [2.24, 2.45) is 0 Å². The number of hydrogen-bond donors (Lipinski definition) is 2. The number of nitrogens with one attached hydrogen (secondary N) is 2. The van der Waals surface area contributed by atoms with Crippen molar-refractivity contribution in [2.45, 2.75) is 31.6 Å². The largest absolute Gasteiger partial charge is 0.351 e. The summed E-state index contributed by atoms with van der Waals surface area (Å²) in [6, 6.07) is 0. The lowest BCUT2D eigenvalue weighted by atomic mass is 10.2. The first-order valence-corrected chi connectivity index (χ1v) is 7.52. The Morgan fingerprint density at radius 3 is 2.59 bits per heavy atom. The number of amides is 1. The second-order valence-electron chi connectivity index (χ2n) is 3.43. The average molecular weight is 280 g/mol. The zero-order valence-corrected chi connectivity index (χ0v) is 11.2. The minimum absolute atomic E-state index is 0.176. The predicted octanol–water partition coefficient (Wildman–Crippen LogP) is 1.04. The summed E-state index contributed by atoms with van der Waals surface area (Å²) >= 11 is 0. The van der Waals surface area contributed by atoms with Crippen molar-refractivity contribution in [3.8, 4) is 0 Å². The third kappa shape index (κ3) is 3.19. The molecule has 17 heavy (non-hydrogen) atoms. The van der Waals surface area contributed by atoms with Crippen molar-refractivity contribution in [2.75, 3.05) is 6.54 Å². The molecule has 8 heteroatoms. The molecule has 0 bridgehead atoms. The van der Waals surface area contributed by atoms with E-state index in [0.29, 0.717) is 18.7 Å². The maximum absolute atomic E-state index is 11.6. The fourth-order valence-electron chi connectivity index (χ4n) is 1.45. The van der Waals surface area contributed by atoms with E-state index in [1.807, 2.05) is 6.92 Å². The molecule has 0 saturated heterocycles. The Balaban J connectivity index is 3.28. The summed E-state index contributed by atoms with van der Waals surface area (Å²) in [5.41, 5.74) is 0.189. The van der Waals surface area contributed by atoms with Gasteiger partial charge in [-0.15, -0.1) is 0 Å². The Hall–Kier alpha value is -1.08. The molecule has 0 fully saturated rings. The van der Waals surface area contributed by atoms with Crippen LogP contribution in [-0.2, 0) is 15.5 Å². The molecule has 0 aliphatic rings. The molecule has 1 amide bonds. The van der Waals surface area contributed by atoms with Gasteiger partial charge in [0.25, 0.3) is 15.0 Å². The Bertz CT molecular complexity index is 510. The average Bonchev–Trinajstić information content (AvgIpc) is 2.62. The number of rotatable bonds is 5. The molecule has 6 nitrogen and oxygen atoms in total. The van der Waals surface area contributed by atoms with Gasteiger partial charge in [0, 0.05) is 17.2 Å². The first kappa shape index (κ1) is 14.0. The molecule has 96 valence electrons. The zero-order valence-electron chi connectivity index (χ0n) is 9.58. The van der Waals surface area contributed by atoms with E-state index < -0.39 is 15.0 Å². The fraction of sp³-hybridized carbons (Fsp3) is 0.556. The van der Waals surface area contributed by atoms with E-state index in [1.54, 1.807) is 6.92 Å². The highest BCUT2D eigenvalue weighted by molar-refractivity contribution is 8.13. The van der Waals surface area contributed by atoms with Gasteiger partial charge in [0.15, 0.2) is 5.69 Å². The van der Waals surface area contributed by atoms with Gasteiger partial charge in [-0.05, 0) is 13.3 Å². The summed E-state index contributed by atoms with van der Waals surface area (Å²) < 4.78 is 22.9. The van der Waals surface area contributed by atoms with Crippen LogP contribution >= 0.6 is 10.7 Å². The monoisotopic (exact) mass is 279 g/mol. The van der Waals surface area contributed by atoms with Gasteiger partial charge in [-0.1, -0.05) is 13.3 Å². The van der Waals surface area contributed by atoms with E-state index in [2.05, 4.69) is 15.5 Å². The molecule has 1 aromatic rings. The first-order valence-electron chi connectivity index (χ1n) is 5.21. The van der Waals surface area contributed by atoms with Gasteiger partial charge in [0.2, 0.25) is 0 Å². The van der Waals surface area contributed by atoms with E-state index in [-0.39, 0.29) is 10.6 Å². The Labute approximate surface area is 104 Å². The van der Waals surface area contributed by atoms with E-state index in [4.69, 9.17) is 10.7 Å². The van der Waals surface area contributed by atoms with Gasteiger partial charge >= 0.3 is 0 Å². The van der Waals surface area contributed by atoms with E-state index in [9.17, 15) is 13.2 Å². The van der Waals surface area contributed by atoms with Crippen LogP contribution in [0.5, 0.6) is 0 Å². The van der Waals surface area contributed by atoms with Crippen molar-refractivity contribution in [1.29, 1.82) is 0 Å². The number of aromatic nitrogens is 2. The molecule has 0 unspecified atom stereocenters. The van der Waals surface area contributed by atoms with Crippen LogP contribution in [0.15, 0.2) is 4.90 Å². The number of halogens is 1. The van der Waals surface area contributed by atoms with Gasteiger partial charge in [-0.25, -0.2) is 8.42 Å². The van der Waals surface area contributed by atoms with Crippen LogP contribution in [0.2, 0.25) is 0 Å². The van der Waals surface area contributed by atoms with Crippen LogP contribution in [0.4, 0.5) is 0 Å². The zero-order chi connectivity index (χ0) is 13.1. The highest BCUT2D eigenvalue weighted by atomic mass is 35.7. The Morgan fingerprint density at radius 1 is 1.47 bits per heavy atom. The minimum atomic E-state index is -3.99. The van der Waals surface area contributed by atoms with Crippen LogP contribution in [0.25, 0.3) is 0 Å². The molecule has 1 heterocycles. The lowest BCUT2D eigenvalue weighted by Gasteiger charge is -2.01. The highest BCUT2D eigenvalue weighted by Crippen LogP contribution is 2.23. The van der Waals surface area contributed by atoms with Crippen LogP contribution in [-0.4, -0.2) is 31.1 Å². The summed E-state index contributed by atoms with van der Waals surface area (Å²) in [5.74, 6) is -0.551. The second kappa shape index (κ2) is 5.50. The smallest absolute Gasteiger partial charge is 0.273 e. The fourth-order valence-corrected chi connectivity index (χ4v) is 2.76. The van der Waals surface area contributed by atoms with Crippen LogP contribution in [0.1, 0.15) is 36.5 Å². The van der Waals surface area contributed by atoms with E-state index >= 15 is 0 Å². The van der Waals surface area contributed by atoms with Gasteiger partial charge in [-0.3, -0.25) is 9.89 Å². The molecule has 1 aromatic heterocycles. The van der Waals surface area contributed by atoms with E-state index in [0.717, 1.165) is 6.42 Å². The maximum Gasteiger partial charge on any atom is 0.273 e. The number of aryl methyl sites for hydroxylation is 1. The second-order valence-corrected chi connectivity index (χ2v) is 5.93. The lowest BCUT2D eigenvalue weighted by molar-refractivity contribution is 0.0947. The molecule has 0 spiro atoms. The maximum atomic E-state index is 11.6. The number of carbonyl (C=O) groups excluding carboxylic acids is 1. The SMILES string of the molecule is CCCc1[nH]nc(C(=O)NCC)c1S(=O)(=O)Cl. The van der Waals surface area contributed by atoms with Crippen molar-refractivity contribution in [3.63, 3.8) is 0 Å². The summed E-state index contributed by atoms with van der Waals surface area (Å²) in [5, 5.41) is 8.75. The molecule has 0 aliphatic heterocycles. The molecule has 0 aromatic carbocycles. The summed E-state index contributed by atoms with van der Waals surface area (Å²) in [7, 11) is 1.33. The number of aromatic amines is 1. The summed E-state index contributed by atoms with van der Waals surface area (Å²) in [6.45, 7) is 4.00. The minimum Gasteiger partial charge on any atom is -0.351 e. The number of carbonyl (C=O) groups is 1. The van der Waals surface area contributed by atoms with Gasteiger partial charge in [0.1, 0.15) is 4.90 Å². The molecular formula is C9H14ClN3O3S. The van der Waals surface area contributed by atoms with Crippen LogP contribution in [0.3, 0.4) is 0 Å². The summed E-state index contributed by atoms with van der Waals surface area (Å²) in [6.07, 6.45) is 1.18. The van der Waals surface area contributed by atoms with Gasteiger partial charge < -0.3 is 5.32 Å². The lowest BCUT2D eigenvalue weighted by Crippen LogP contribution is -2.24. The molecular weight excluding hydrogens is 266 g/mol. The quantitative estimate of drug-likeness (QED) is 0.788. The van der Waals surface area contributed by atoms with Crippen molar-refractivity contribution >= 4 is 25.6 Å². The standard InChI is InChI=1S/C9H14ClN3O3S/c1-3-5-6-8(17(10,15)16)7(13-12-6)9(14)11-4-2/h3-5H2,1-2H3,(H,11,14)(H,12,13). The first-order chi connectivity index (χ1) is 7.91. The van der Waals surface area contributed by atoms with Crippen molar-refractivity contribution < 1.29 is 13.2 Å². The van der Waals surface area contributed by atoms with Gasteiger partial charge in [-0.2, -0.15) is 5.10 Å². The molecule has 0 aliphatic carbocycles. The Morgan fingerprint density at radius 2 is 2.12 bits per heavy atom. The topological polar surface area (TPSA) is 91.9 Å². The van der Waals surface area contributed by atoms with E-state index in [1.165, 1.54) is 0 Å². The number of H-pyrrole nitrogens is 1. The van der Waals surface area contributed by atoms with Gasteiger partial charge in [0.05, 0.1) is 5.69 Å². The molecule has 0 saturated carbocycles. The Kier molecular flexibility index (Phi) is 4.53. The molecule has 1 rings (SSSR count). The third-order valence-corrected chi connectivity index (χ3v) is 3.48. The normalized spacial score (nSPS) is 11.5. The molecule has 0 atom stereocenters. The van der Waals surface area contributed by atoms with Crippen molar-refractivity contribution in [1.82, 2.24) is 15.5 Å². The molecule has 2 N–H and O–H groups in total. The van der Waals surface area contributed by atoms with Crippen LogP contribution in [0, 0.1) is 0 Å². The number of hydrogen-bond acceptors (Lipinski definition) is 4. The highest BCUT2D eigenvalue weighted by Gasteiger charge is 2.27.